The number of rotatable bonds is 7. The lowest BCUT2D eigenvalue weighted by Gasteiger charge is -2.44. The molecule has 1 saturated heterocycles. The molecular formula is C33H32O5. The van der Waals surface area contributed by atoms with Crippen LogP contribution >= 0.6 is 0 Å². The quantitative estimate of drug-likeness (QED) is 0.313. The molecule has 4 aromatic rings. The van der Waals surface area contributed by atoms with E-state index in [0.29, 0.717) is 22.3 Å². The summed E-state index contributed by atoms with van der Waals surface area (Å²) in [6.45, 7) is 5.01. The molecule has 0 radical (unpaired) electrons. The van der Waals surface area contributed by atoms with Crippen LogP contribution in [0.2, 0.25) is 0 Å². The van der Waals surface area contributed by atoms with Crippen LogP contribution in [-0.4, -0.2) is 29.1 Å². The smallest absolute Gasteiger partial charge is 0.303 e. The Labute approximate surface area is 223 Å². The van der Waals surface area contributed by atoms with Crippen molar-refractivity contribution in [3.63, 3.8) is 0 Å². The van der Waals surface area contributed by atoms with Crippen LogP contribution < -0.4 is 0 Å². The number of esters is 1. The first-order chi connectivity index (χ1) is 18.3. The minimum Gasteiger partial charge on any atom is -0.446 e. The summed E-state index contributed by atoms with van der Waals surface area (Å²) in [6, 6.07) is 37.9. The lowest BCUT2D eigenvalue weighted by molar-refractivity contribution is -0.186. The molecule has 1 aliphatic rings. The van der Waals surface area contributed by atoms with Gasteiger partial charge in [-0.15, -0.1) is 0 Å². The molecule has 5 heteroatoms. The van der Waals surface area contributed by atoms with E-state index in [0.717, 1.165) is 0 Å². The van der Waals surface area contributed by atoms with Crippen LogP contribution in [0.15, 0.2) is 121 Å². The summed E-state index contributed by atoms with van der Waals surface area (Å²) in [5, 5.41) is 12.8. The molecule has 0 aliphatic carbocycles. The van der Waals surface area contributed by atoms with Gasteiger partial charge in [-0.3, -0.25) is 4.79 Å². The van der Waals surface area contributed by atoms with Crippen LogP contribution in [0.5, 0.6) is 0 Å². The number of ether oxygens (including phenoxy) is 3. The van der Waals surface area contributed by atoms with Crippen LogP contribution in [0.3, 0.4) is 0 Å². The van der Waals surface area contributed by atoms with Crippen molar-refractivity contribution in [3.8, 4) is 0 Å². The second kappa shape index (κ2) is 10.2. The predicted molar refractivity (Wildman–Crippen MR) is 145 cm³/mol. The van der Waals surface area contributed by atoms with Crippen LogP contribution in [-0.2, 0) is 30.2 Å². The zero-order chi connectivity index (χ0) is 26.8. The molecule has 5 nitrogen and oxygen atoms in total. The van der Waals surface area contributed by atoms with Gasteiger partial charge in [0.1, 0.15) is 17.8 Å². The van der Waals surface area contributed by atoms with Crippen molar-refractivity contribution in [2.45, 2.75) is 50.0 Å². The van der Waals surface area contributed by atoms with Crippen molar-refractivity contribution in [1.82, 2.24) is 0 Å². The lowest BCUT2D eigenvalue weighted by Crippen LogP contribution is -2.56. The normalized spacial score (nSPS) is 19.2. The summed E-state index contributed by atoms with van der Waals surface area (Å²) >= 11 is 0. The third-order valence-corrected chi connectivity index (χ3v) is 7.05. The number of aliphatic hydroxyl groups is 1. The summed E-state index contributed by atoms with van der Waals surface area (Å²) in [5.74, 6) is -1.57. The van der Waals surface area contributed by atoms with Gasteiger partial charge in [0, 0.05) is 18.1 Å². The molecule has 1 N–H and O–H groups in total. The Hall–Kier alpha value is -3.77. The van der Waals surface area contributed by atoms with Gasteiger partial charge in [-0.25, -0.2) is 0 Å². The topological polar surface area (TPSA) is 65.0 Å². The fourth-order valence-electron chi connectivity index (χ4n) is 5.51. The molecule has 1 heterocycles. The van der Waals surface area contributed by atoms with Crippen LogP contribution in [0.4, 0.5) is 0 Å². The minimum absolute atomic E-state index is 0.479. The number of carbonyl (C=O) groups is 1. The van der Waals surface area contributed by atoms with Gasteiger partial charge < -0.3 is 19.3 Å². The maximum absolute atomic E-state index is 12.8. The second-order valence-electron chi connectivity index (χ2n) is 10.0. The Kier molecular flexibility index (Phi) is 6.93. The van der Waals surface area contributed by atoms with E-state index >= 15 is 0 Å². The highest BCUT2D eigenvalue weighted by molar-refractivity contribution is 5.68. The molecular weight excluding hydrogens is 476 g/mol. The first-order valence-corrected chi connectivity index (χ1v) is 12.8. The molecule has 1 fully saturated rings. The van der Waals surface area contributed by atoms with Crippen molar-refractivity contribution in [2.24, 2.45) is 0 Å². The van der Waals surface area contributed by atoms with Gasteiger partial charge in [0.25, 0.3) is 0 Å². The maximum Gasteiger partial charge on any atom is 0.303 e. The van der Waals surface area contributed by atoms with Crippen molar-refractivity contribution >= 4 is 5.97 Å². The van der Waals surface area contributed by atoms with Gasteiger partial charge in [-0.2, -0.15) is 0 Å². The highest BCUT2D eigenvalue weighted by Gasteiger charge is 2.63. The van der Waals surface area contributed by atoms with E-state index in [9.17, 15) is 9.90 Å². The Bertz CT molecular complexity index is 1270. The second-order valence-corrected chi connectivity index (χ2v) is 10.0. The van der Waals surface area contributed by atoms with Gasteiger partial charge >= 0.3 is 5.97 Å². The van der Waals surface area contributed by atoms with Crippen LogP contribution in [0, 0.1) is 0 Å². The number of hydrogen-bond donors (Lipinski definition) is 1. The van der Waals surface area contributed by atoms with Crippen LogP contribution in [0.1, 0.15) is 43.0 Å². The number of benzene rings is 4. The average Bonchev–Trinajstić information content (AvgIpc) is 3.29. The van der Waals surface area contributed by atoms with E-state index in [4.69, 9.17) is 14.2 Å². The van der Waals surface area contributed by atoms with Crippen molar-refractivity contribution in [2.75, 3.05) is 0 Å². The summed E-state index contributed by atoms with van der Waals surface area (Å²) < 4.78 is 19.6. The van der Waals surface area contributed by atoms with E-state index in [1.165, 1.54) is 6.92 Å². The molecule has 2 atom stereocenters. The Morgan fingerprint density at radius 2 is 1.00 bits per heavy atom. The molecule has 0 aromatic heterocycles. The lowest BCUT2D eigenvalue weighted by atomic mass is 9.72. The Morgan fingerprint density at radius 1 is 0.658 bits per heavy atom. The minimum atomic E-state index is -1.64. The monoisotopic (exact) mass is 508 g/mol. The van der Waals surface area contributed by atoms with Crippen molar-refractivity contribution in [3.05, 3.63) is 144 Å². The first-order valence-electron chi connectivity index (χ1n) is 12.8. The van der Waals surface area contributed by atoms with Crippen molar-refractivity contribution in [1.29, 1.82) is 0 Å². The van der Waals surface area contributed by atoms with Crippen molar-refractivity contribution < 1.29 is 24.1 Å². The molecule has 0 saturated carbocycles. The molecule has 0 spiro atoms. The highest BCUT2D eigenvalue weighted by atomic mass is 16.8. The summed E-state index contributed by atoms with van der Waals surface area (Å²) in [4.78, 5) is 12.8. The zero-order valence-corrected chi connectivity index (χ0v) is 21.8. The molecule has 38 heavy (non-hydrogen) atoms. The molecule has 0 unspecified atom stereocenters. The largest absolute Gasteiger partial charge is 0.446 e. The van der Waals surface area contributed by atoms with E-state index < -0.39 is 35.2 Å². The molecule has 0 bridgehead atoms. The summed E-state index contributed by atoms with van der Waals surface area (Å²) in [7, 11) is 0. The fourth-order valence-corrected chi connectivity index (χ4v) is 5.51. The Morgan fingerprint density at radius 3 is 1.37 bits per heavy atom. The van der Waals surface area contributed by atoms with Gasteiger partial charge in [0.05, 0.1) is 0 Å². The summed E-state index contributed by atoms with van der Waals surface area (Å²) in [5.41, 5.74) is -0.372. The predicted octanol–water partition coefficient (Wildman–Crippen LogP) is 5.95. The standard InChI is InChI=1S/C33H32O5/c1-24(34)36-33(27-20-12-6-13-21-27,28-22-14-7-15-23-28)30-29(37-31(2,3)38-30)32(35,25-16-8-4-9-17-25)26-18-10-5-11-19-26/h4-23,29-30,35H,1-3H3/t29-,30-/m1/s1. The molecule has 0 amide bonds. The van der Waals surface area contributed by atoms with E-state index in [-0.39, 0.29) is 0 Å². The average molecular weight is 509 g/mol. The third kappa shape index (κ3) is 4.54. The van der Waals surface area contributed by atoms with Crippen LogP contribution in [0.25, 0.3) is 0 Å². The van der Waals surface area contributed by atoms with E-state index in [2.05, 4.69) is 0 Å². The SMILES string of the molecule is CC(=O)OC(c1ccccc1)(c1ccccc1)[C@@H]1OC(C)(C)O[C@H]1C(O)(c1ccccc1)c1ccccc1. The number of hydrogen-bond acceptors (Lipinski definition) is 5. The van der Waals surface area contributed by atoms with Gasteiger partial charge in [-0.1, -0.05) is 121 Å². The summed E-state index contributed by atoms with van der Waals surface area (Å²) in [6.07, 6.45) is -1.90. The fraction of sp³-hybridized carbons (Fsp3) is 0.242. The first kappa shape index (κ1) is 25.9. The zero-order valence-electron chi connectivity index (χ0n) is 21.8. The molecule has 4 aromatic carbocycles. The van der Waals surface area contributed by atoms with Gasteiger partial charge in [0.2, 0.25) is 0 Å². The molecule has 5 rings (SSSR count). The Balaban J connectivity index is 1.82. The molecule has 1 aliphatic heterocycles. The molecule has 194 valence electrons. The number of carbonyl (C=O) groups excluding carboxylic acids is 1. The third-order valence-electron chi connectivity index (χ3n) is 7.05. The van der Waals surface area contributed by atoms with E-state index in [1.54, 1.807) is 0 Å². The maximum atomic E-state index is 12.8. The van der Waals surface area contributed by atoms with Gasteiger partial charge in [-0.05, 0) is 25.0 Å². The van der Waals surface area contributed by atoms with E-state index in [1.807, 2.05) is 135 Å². The van der Waals surface area contributed by atoms with Gasteiger partial charge in [0.15, 0.2) is 11.4 Å². The highest BCUT2D eigenvalue weighted by Crippen LogP contribution is 2.51.